The van der Waals surface area contributed by atoms with Crippen molar-refractivity contribution in [3.63, 3.8) is 0 Å². The average Bonchev–Trinajstić information content (AvgIpc) is 2.61. The number of carboxylic acids is 1. The number of nitrogens with one attached hydrogen (secondary N) is 3. The van der Waals surface area contributed by atoms with E-state index in [0.717, 1.165) is 0 Å². The topological polar surface area (TPSA) is 151 Å². The zero-order valence-corrected chi connectivity index (χ0v) is 16.5. The Kier molecular flexibility index (Phi) is 11.7. The van der Waals surface area contributed by atoms with Gasteiger partial charge in [-0.15, -0.1) is 0 Å². The van der Waals surface area contributed by atoms with Gasteiger partial charge in [0.05, 0.1) is 6.54 Å². The molecule has 150 valence electrons. The number of carbonyl (C=O) groups excluding carboxylic acids is 3. The van der Waals surface area contributed by atoms with Gasteiger partial charge < -0.3 is 26.8 Å². The molecule has 0 fully saturated rings. The highest BCUT2D eigenvalue weighted by Gasteiger charge is 2.29. The molecule has 0 saturated heterocycles. The highest BCUT2D eigenvalue weighted by molar-refractivity contribution is 7.98. The Hall–Kier alpha value is -1.81. The molecule has 6 N–H and O–H groups in total. The summed E-state index contributed by atoms with van der Waals surface area (Å²) in [4.78, 5) is 47.3. The van der Waals surface area contributed by atoms with Gasteiger partial charge in [0.1, 0.15) is 18.1 Å². The number of aliphatic carboxylic acids is 1. The largest absolute Gasteiger partial charge is 0.480 e. The summed E-state index contributed by atoms with van der Waals surface area (Å²) in [5, 5.41) is 16.7. The molecule has 0 bridgehead atoms. The Labute approximate surface area is 158 Å². The molecule has 0 aromatic rings. The lowest BCUT2D eigenvalue weighted by atomic mass is 9.99. The third kappa shape index (κ3) is 8.52. The fraction of sp³-hybridized carbons (Fsp3) is 0.750. The maximum absolute atomic E-state index is 12.4. The zero-order valence-electron chi connectivity index (χ0n) is 15.7. The van der Waals surface area contributed by atoms with E-state index in [1.165, 1.54) is 18.7 Å². The van der Waals surface area contributed by atoms with E-state index in [9.17, 15) is 24.3 Å². The number of thioether (sulfide) groups is 1. The van der Waals surface area contributed by atoms with Crippen LogP contribution in [0.5, 0.6) is 0 Å². The Morgan fingerprint density at radius 3 is 2.15 bits per heavy atom. The number of amides is 3. The molecule has 0 heterocycles. The summed E-state index contributed by atoms with van der Waals surface area (Å²) in [7, 11) is 0. The third-order valence-corrected chi connectivity index (χ3v) is 4.62. The molecular weight excluding hydrogens is 360 g/mol. The first-order valence-corrected chi connectivity index (χ1v) is 9.89. The maximum atomic E-state index is 12.4. The third-order valence-electron chi connectivity index (χ3n) is 3.98. The van der Waals surface area contributed by atoms with Gasteiger partial charge in [0.15, 0.2) is 0 Å². The van der Waals surface area contributed by atoms with Gasteiger partial charge in [-0.3, -0.25) is 14.4 Å². The minimum atomic E-state index is -1.13. The summed E-state index contributed by atoms with van der Waals surface area (Å²) < 4.78 is 0. The van der Waals surface area contributed by atoms with Crippen molar-refractivity contribution in [1.82, 2.24) is 16.0 Å². The molecule has 0 aliphatic rings. The molecule has 9 nitrogen and oxygen atoms in total. The van der Waals surface area contributed by atoms with E-state index in [0.29, 0.717) is 18.6 Å². The van der Waals surface area contributed by atoms with Crippen molar-refractivity contribution in [2.45, 2.75) is 51.7 Å². The van der Waals surface area contributed by atoms with Crippen LogP contribution in [0.15, 0.2) is 0 Å². The number of rotatable bonds is 12. The minimum Gasteiger partial charge on any atom is -0.480 e. The molecular formula is C16H30N4O5S. The van der Waals surface area contributed by atoms with Crippen LogP contribution in [-0.4, -0.2) is 65.5 Å². The van der Waals surface area contributed by atoms with Crippen molar-refractivity contribution >= 4 is 35.5 Å². The first kappa shape index (κ1) is 24.2. The van der Waals surface area contributed by atoms with Crippen LogP contribution in [0.4, 0.5) is 0 Å². The van der Waals surface area contributed by atoms with E-state index >= 15 is 0 Å². The first-order chi connectivity index (χ1) is 12.2. The van der Waals surface area contributed by atoms with Gasteiger partial charge in [-0.25, -0.2) is 4.79 Å². The fourth-order valence-corrected chi connectivity index (χ4v) is 2.57. The van der Waals surface area contributed by atoms with Gasteiger partial charge in [0, 0.05) is 0 Å². The van der Waals surface area contributed by atoms with Crippen LogP contribution in [0.25, 0.3) is 0 Å². The second-order valence-electron chi connectivity index (χ2n) is 6.05. The number of hydrogen-bond acceptors (Lipinski definition) is 6. The van der Waals surface area contributed by atoms with Crippen LogP contribution in [0.2, 0.25) is 0 Å². The number of carboxylic acid groups (broad SMARTS) is 1. The van der Waals surface area contributed by atoms with Crippen LogP contribution in [0.1, 0.15) is 33.6 Å². The lowest BCUT2D eigenvalue weighted by molar-refractivity contribution is -0.143. The van der Waals surface area contributed by atoms with Crippen LogP contribution in [0, 0.1) is 5.92 Å². The summed E-state index contributed by atoms with van der Waals surface area (Å²) in [6, 6.07) is -2.78. The summed E-state index contributed by atoms with van der Waals surface area (Å²) in [5.41, 5.74) is 5.25. The molecule has 0 aromatic heterocycles. The molecule has 3 amide bonds. The van der Waals surface area contributed by atoms with Crippen molar-refractivity contribution in [2.75, 3.05) is 18.6 Å². The summed E-state index contributed by atoms with van der Waals surface area (Å²) in [6.07, 6.45) is 2.84. The molecule has 26 heavy (non-hydrogen) atoms. The molecule has 4 atom stereocenters. The fourth-order valence-electron chi connectivity index (χ4n) is 2.10. The van der Waals surface area contributed by atoms with Gasteiger partial charge in [-0.1, -0.05) is 20.3 Å². The quantitative estimate of drug-likeness (QED) is 0.296. The van der Waals surface area contributed by atoms with Gasteiger partial charge in [0.25, 0.3) is 0 Å². The molecule has 0 saturated carbocycles. The van der Waals surface area contributed by atoms with Crippen molar-refractivity contribution in [3.05, 3.63) is 0 Å². The maximum Gasteiger partial charge on any atom is 0.326 e. The van der Waals surface area contributed by atoms with E-state index in [2.05, 4.69) is 16.0 Å². The molecule has 0 aliphatic heterocycles. The summed E-state index contributed by atoms with van der Waals surface area (Å²) >= 11 is 1.52. The molecule has 10 heteroatoms. The second kappa shape index (κ2) is 12.5. The SMILES string of the molecule is CCC(C)C(NC(=O)C(C)NC(=O)C(CCSC)NC(=O)CN)C(=O)O. The Balaban J connectivity index is 4.88. The van der Waals surface area contributed by atoms with Crippen molar-refractivity contribution < 1.29 is 24.3 Å². The monoisotopic (exact) mass is 390 g/mol. The number of hydrogen-bond donors (Lipinski definition) is 5. The van der Waals surface area contributed by atoms with Crippen molar-refractivity contribution in [3.8, 4) is 0 Å². The molecule has 0 rings (SSSR count). The van der Waals surface area contributed by atoms with Gasteiger partial charge in [0.2, 0.25) is 17.7 Å². The Morgan fingerprint density at radius 2 is 1.69 bits per heavy atom. The van der Waals surface area contributed by atoms with E-state index in [1.54, 1.807) is 6.92 Å². The Morgan fingerprint density at radius 1 is 1.08 bits per heavy atom. The standard InChI is InChI=1S/C16H30N4O5S/c1-5-9(2)13(16(24)25)20-14(22)10(3)18-15(23)11(6-7-26-4)19-12(21)8-17/h9-11,13H,5-8,17H2,1-4H3,(H,18,23)(H,19,21)(H,20,22)(H,24,25). The van der Waals surface area contributed by atoms with Crippen LogP contribution in [-0.2, 0) is 19.2 Å². The molecule has 0 aliphatic carbocycles. The highest BCUT2D eigenvalue weighted by atomic mass is 32.2. The second-order valence-corrected chi connectivity index (χ2v) is 7.03. The molecule has 0 aromatic carbocycles. The van der Waals surface area contributed by atoms with Gasteiger partial charge >= 0.3 is 5.97 Å². The van der Waals surface area contributed by atoms with Crippen LogP contribution >= 0.6 is 11.8 Å². The predicted molar refractivity (Wildman–Crippen MR) is 101 cm³/mol. The summed E-state index contributed by atoms with van der Waals surface area (Å²) in [6.45, 7) is 4.77. The average molecular weight is 391 g/mol. The predicted octanol–water partition coefficient (Wildman–Crippen LogP) is -0.697. The van der Waals surface area contributed by atoms with E-state index in [-0.39, 0.29) is 12.5 Å². The smallest absolute Gasteiger partial charge is 0.326 e. The number of carbonyl (C=O) groups is 4. The minimum absolute atomic E-state index is 0.242. The Bertz CT molecular complexity index is 503. The van der Waals surface area contributed by atoms with Gasteiger partial charge in [-0.05, 0) is 31.3 Å². The first-order valence-electron chi connectivity index (χ1n) is 8.49. The summed E-state index contributed by atoms with van der Waals surface area (Å²) in [5.74, 6) is -2.32. The van der Waals surface area contributed by atoms with Crippen molar-refractivity contribution in [1.29, 1.82) is 0 Å². The van der Waals surface area contributed by atoms with E-state index < -0.39 is 41.8 Å². The lowest BCUT2D eigenvalue weighted by Gasteiger charge is -2.24. The molecule has 0 spiro atoms. The molecule has 4 unspecified atom stereocenters. The zero-order chi connectivity index (χ0) is 20.3. The highest BCUT2D eigenvalue weighted by Crippen LogP contribution is 2.08. The van der Waals surface area contributed by atoms with Gasteiger partial charge in [-0.2, -0.15) is 11.8 Å². The van der Waals surface area contributed by atoms with Crippen molar-refractivity contribution in [2.24, 2.45) is 11.7 Å². The molecule has 0 radical (unpaired) electrons. The van der Waals surface area contributed by atoms with E-state index in [1.807, 2.05) is 13.2 Å². The van der Waals surface area contributed by atoms with Crippen LogP contribution in [0.3, 0.4) is 0 Å². The van der Waals surface area contributed by atoms with E-state index in [4.69, 9.17) is 5.73 Å². The van der Waals surface area contributed by atoms with Crippen LogP contribution < -0.4 is 21.7 Å². The lowest BCUT2D eigenvalue weighted by Crippen LogP contribution is -2.56. The number of nitrogens with two attached hydrogens (primary N) is 1. The normalized spacial score (nSPS) is 15.3.